The maximum atomic E-state index is 12.7. The number of aryl methyl sites for hydroxylation is 1. The quantitative estimate of drug-likeness (QED) is 0.307. The molecule has 0 saturated carbocycles. The molecule has 0 spiro atoms. The van der Waals surface area contributed by atoms with Gasteiger partial charge in [0, 0.05) is 28.8 Å². The Morgan fingerprint density at radius 3 is 2.52 bits per heavy atom. The van der Waals surface area contributed by atoms with E-state index in [-0.39, 0.29) is 5.91 Å². The van der Waals surface area contributed by atoms with Crippen molar-refractivity contribution in [3.8, 4) is 11.5 Å². The van der Waals surface area contributed by atoms with Crippen molar-refractivity contribution in [3.05, 3.63) is 95.8 Å². The second kappa shape index (κ2) is 10.1. The summed E-state index contributed by atoms with van der Waals surface area (Å²) >= 11 is 0. The van der Waals surface area contributed by atoms with Crippen LogP contribution in [0.5, 0.6) is 11.5 Å². The Morgan fingerprint density at radius 2 is 1.79 bits per heavy atom. The Labute approximate surface area is 193 Å². The average Bonchev–Trinajstić information content (AvgIpc) is 3.18. The Hall–Kier alpha value is -3.99. The smallest absolute Gasteiger partial charge is 0.248 e. The first-order valence-corrected chi connectivity index (χ1v) is 10.9. The highest BCUT2D eigenvalue weighted by Gasteiger charge is 2.13. The third-order valence-electron chi connectivity index (χ3n) is 5.31. The van der Waals surface area contributed by atoms with E-state index in [9.17, 15) is 4.79 Å². The van der Waals surface area contributed by atoms with E-state index in [0.717, 1.165) is 39.0 Å². The summed E-state index contributed by atoms with van der Waals surface area (Å²) < 4.78 is 17.2. The van der Waals surface area contributed by atoms with E-state index in [0.29, 0.717) is 24.7 Å². The number of ether oxygens (including phenoxy) is 2. The first-order valence-electron chi connectivity index (χ1n) is 10.9. The molecule has 0 aliphatic rings. The van der Waals surface area contributed by atoms with Crippen molar-refractivity contribution < 1.29 is 18.7 Å². The van der Waals surface area contributed by atoms with Crippen LogP contribution < -0.4 is 14.8 Å². The number of hydrogen-bond acceptors (Lipinski definition) is 4. The molecule has 4 aromatic rings. The number of furan rings is 1. The first-order chi connectivity index (χ1) is 16.0. The molecule has 168 valence electrons. The van der Waals surface area contributed by atoms with Crippen LogP contribution in [-0.2, 0) is 11.4 Å². The van der Waals surface area contributed by atoms with Gasteiger partial charge in [0.1, 0.15) is 23.7 Å². The van der Waals surface area contributed by atoms with Gasteiger partial charge in [-0.15, -0.1) is 0 Å². The number of carbonyl (C=O) groups excluding carboxylic acids is 1. The zero-order valence-corrected chi connectivity index (χ0v) is 19.1. The summed E-state index contributed by atoms with van der Waals surface area (Å²) in [7, 11) is 0. The molecule has 0 aliphatic carbocycles. The summed E-state index contributed by atoms with van der Waals surface area (Å²) in [5.74, 6) is 1.23. The predicted octanol–water partition coefficient (Wildman–Crippen LogP) is 6.76. The lowest BCUT2D eigenvalue weighted by atomic mass is 10.0. The van der Waals surface area contributed by atoms with Gasteiger partial charge in [0.2, 0.25) is 5.91 Å². The van der Waals surface area contributed by atoms with Gasteiger partial charge in [-0.25, -0.2) is 0 Å². The summed E-state index contributed by atoms with van der Waals surface area (Å²) in [6.45, 7) is 6.85. The lowest BCUT2D eigenvalue weighted by molar-refractivity contribution is -0.111. The number of benzene rings is 3. The van der Waals surface area contributed by atoms with Gasteiger partial charge in [-0.3, -0.25) is 4.79 Å². The Balaban J connectivity index is 1.44. The maximum absolute atomic E-state index is 12.7. The highest BCUT2D eigenvalue weighted by atomic mass is 16.5. The average molecular weight is 442 g/mol. The number of carbonyl (C=O) groups is 1. The Kier molecular flexibility index (Phi) is 6.79. The van der Waals surface area contributed by atoms with Crippen LogP contribution in [0.15, 0.2) is 83.5 Å². The van der Waals surface area contributed by atoms with Crippen LogP contribution in [0.4, 0.5) is 5.69 Å². The molecule has 1 N–H and O–H groups in total. The van der Waals surface area contributed by atoms with Gasteiger partial charge < -0.3 is 19.2 Å². The molecule has 5 heteroatoms. The number of fused-ring (bicyclic) bond motifs is 1. The molecule has 1 heterocycles. The van der Waals surface area contributed by atoms with Crippen LogP contribution in [0.25, 0.3) is 16.5 Å². The fourth-order valence-electron chi connectivity index (χ4n) is 3.59. The van der Waals surface area contributed by atoms with Crippen molar-refractivity contribution in [1.82, 2.24) is 0 Å². The van der Waals surface area contributed by atoms with Gasteiger partial charge in [0.05, 0.1) is 12.9 Å². The van der Waals surface area contributed by atoms with Crippen LogP contribution >= 0.6 is 0 Å². The van der Waals surface area contributed by atoms with E-state index >= 15 is 0 Å². The Morgan fingerprint density at radius 1 is 1.03 bits per heavy atom. The van der Waals surface area contributed by atoms with Crippen molar-refractivity contribution >= 4 is 28.1 Å². The summed E-state index contributed by atoms with van der Waals surface area (Å²) in [5.41, 5.74) is 5.29. The Bertz CT molecular complexity index is 1270. The van der Waals surface area contributed by atoms with E-state index in [1.807, 2.05) is 87.5 Å². The SMILES string of the molecule is CCOc1cc2occ(C)c2cc1/C(C)=C/C(=O)Nc1ccc(OCc2ccccc2)cc1. The standard InChI is InChI=1S/C28H27NO4/c1-4-31-26-16-27-25(20(3)17-33-27)15-24(26)19(2)14-28(30)29-22-10-12-23(13-11-22)32-18-21-8-6-5-7-9-21/h5-17H,4,18H2,1-3H3,(H,29,30)/b19-14+. The molecule has 5 nitrogen and oxygen atoms in total. The molecular weight excluding hydrogens is 414 g/mol. The summed E-state index contributed by atoms with van der Waals surface area (Å²) in [4.78, 5) is 12.7. The zero-order chi connectivity index (χ0) is 23.2. The van der Waals surface area contributed by atoms with Gasteiger partial charge in [0.15, 0.2) is 0 Å². The molecule has 0 aliphatic heterocycles. The number of nitrogens with one attached hydrogen (secondary N) is 1. The highest BCUT2D eigenvalue weighted by Crippen LogP contribution is 2.33. The lowest BCUT2D eigenvalue weighted by Crippen LogP contribution is -2.08. The van der Waals surface area contributed by atoms with Crippen LogP contribution in [0.1, 0.15) is 30.5 Å². The summed E-state index contributed by atoms with van der Waals surface area (Å²) in [6, 6.07) is 21.2. The molecule has 33 heavy (non-hydrogen) atoms. The van der Waals surface area contributed by atoms with E-state index in [1.165, 1.54) is 0 Å². The second-order valence-electron chi connectivity index (χ2n) is 7.81. The van der Waals surface area contributed by atoms with Gasteiger partial charge in [-0.05, 0) is 67.8 Å². The van der Waals surface area contributed by atoms with E-state index < -0.39 is 0 Å². The molecule has 1 amide bonds. The molecular formula is C28H27NO4. The molecule has 0 bridgehead atoms. The molecule has 3 aromatic carbocycles. The van der Waals surface area contributed by atoms with Crippen LogP contribution in [-0.4, -0.2) is 12.5 Å². The fourth-order valence-corrected chi connectivity index (χ4v) is 3.59. The van der Waals surface area contributed by atoms with Gasteiger partial charge >= 0.3 is 0 Å². The molecule has 4 rings (SSSR count). The van der Waals surface area contributed by atoms with E-state index in [2.05, 4.69) is 5.32 Å². The minimum absolute atomic E-state index is 0.211. The van der Waals surface area contributed by atoms with Gasteiger partial charge in [0.25, 0.3) is 0 Å². The number of hydrogen-bond donors (Lipinski definition) is 1. The molecule has 0 unspecified atom stereocenters. The number of rotatable bonds is 8. The van der Waals surface area contributed by atoms with Crippen LogP contribution in [0.2, 0.25) is 0 Å². The monoisotopic (exact) mass is 441 g/mol. The van der Waals surface area contributed by atoms with Crippen molar-refractivity contribution in [2.75, 3.05) is 11.9 Å². The summed E-state index contributed by atoms with van der Waals surface area (Å²) in [6.07, 6.45) is 3.31. The van der Waals surface area contributed by atoms with Crippen LogP contribution in [0.3, 0.4) is 0 Å². The minimum atomic E-state index is -0.211. The molecule has 0 fully saturated rings. The van der Waals surface area contributed by atoms with Gasteiger partial charge in [-0.1, -0.05) is 30.3 Å². The fraction of sp³-hybridized carbons (Fsp3) is 0.179. The third kappa shape index (κ3) is 5.44. The second-order valence-corrected chi connectivity index (χ2v) is 7.81. The summed E-state index contributed by atoms with van der Waals surface area (Å²) in [5, 5.41) is 3.92. The molecule has 0 atom stereocenters. The molecule has 0 radical (unpaired) electrons. The number of anilines is 1. The third-order valence-corrected chi connectivity index (χ3v) is 5.31. The number of amides is 1. The minimum Gasteiger partial charge on any atom is -0.493 e. The normalized spacial score (nSPS) is 11.4. The topological polar surface area (TPSA) is 60.7 Å². The van der Waals surface area contributed by atoms with E-state index in [4.69, 9.17) is 13.9 Å². The van der Waals surface area contributed by atoms with Gasteiger partial charge in [-0.2, -0.15) is 0 Å². The molecule has 1 aromatic heterocycles. The van der Waals surface area contributed by atoms with Crippen molar-refractivity contribution in [1.29, 1.82) is 0 Å². The van der Waals surface area contributed by atoms with Crippen molar-refractivity contribution in [3.63, 3.8) is 0 Å². The van der Waals surface area contributed by atoms with Crippen LogP contribution in [0, 0.1) is 6.92 Å². The maximum Gasteiger partial charge on any atom is 0.248 e. The van der Waals surface area contributed by atoms with Crippen molar-refractivity contribution in [2.24, 2.45) is 0 Å². The highest BCUT2D eigenvalue weighted by molar-refractivity contribution is 6.04. The predicted molar refractivity (Wildman–Crippen MR) is 132 cm³/mol. The van der Waals surface area contributed by atoms with Crippen molar-refractivity contribution in [2.45, 2.75) is 27.4 Å². The molecule has 0 saturated heterocycles. The largest absolute Gasteiger partial charge is 0.493 e. The van der Waals surface area contributed by atoms with E-state index in [1.54, 1.807) is 12.3 Å². The zero-order valence-electron chi connectivity index (χ0n) is 19.1. The lowest BCUT2D eigenvalue weighted by Gasteiger charge is -2.11. The number of allylic oxidation sites excluding steroid dienone is 1. The first kappa shape index (κ1) is 22.2.